The number of benzene rings is 1. The summed E-state index contributed by atoms with van der Waals surface area (Å²) in [6.07, 6.45) is 0.999. The summed E-state index contributed by atoms with van der Waals surface area (Å²) in [5, 5.41) is 21.8. The van der Waals surface area contributed by atoms with Crippen molar-refractivity contribution < 1.29 is 10.2 Å². The number of aromatic hydroxyl groups is 2. The molecule has 1 aromatic rings. The highest BCUT2D eigenvalue weighted by Gasteiger charge is 2.04. The fraction of sp³-hybridized carbons (Fsp3) is 0.400. The van der Waals surface area contributed by atoms with E-state index in [1.54, 1.807) is 13.0 Å². The van der Waals surface area contributed by atoms with Gasteiger partial charge in [-0.2, -0.15) is 0 Å². The van der Waals surface area contributed by atoms with Gasteiger partial charge in [-0.25, -0.2) is 0 Å². The van der Waals surface area contributed by atoms with Crippen molar-refractivity contribution in [2.45, 2.75) is 20.3 Å². The van der Waals surface area contributed by atoms with Gasteiger partial charge in [-0.3, -0.25) is 0 Å². The molecule has 0 saturated heterocycles. The number of rotatable bonds is 3. The average Bonchev–Trinajstić information content (AvgIpc) is 2.09. The van der Waals surface area contributed by atoms with Crippen molar-refractivity contribution in [2.75, 3.05) is 11.9 Å². The van der Waals surface area contributed by atoms with Gasteiger partial charge < -0.3 is 15.5 Å². The molecular weight excluding hydrogens is 166 g/mol. The largest absolute Gasteiger partial charge is 0.508 e. The lowest BCUT2D eigenvalue weighted by atomic mass is 10.2. The minimum Gasteiger partial charge on any atom is -0.508 e. The van der Waals surface area contributed by atoms with E-state index in [-0.39, 0.29) is 11.5 Å². The van der Waals surface area contributed by atoms with Crippen LogP contribution in [0.4, 0.5) is 5.69 Å². The summed E-state index contributed by atoms with van der Waals surface area (Å²) in [6.45, 7) is 4.67. The smallest absolute Gasteiger partial charge is 0.142 e. The first-order valence-corrected chi connectivity index (χ1v) is 4.41. The second kappa shape index (κ2) is 4.03. The van der Waals surface area contributed by atoms with Crippen LogP contribution in [0.15, 0.2) is 12.1 Å². The van der Waals surface area contributed by atoms with Crippen LogP contribution in [0.3, 0.4) is 0 Å². The Labute approximate surface area is 78.0 Å². The lowest BCUT2D eigenvalue weighted by Crippen LogP contribution is -1.99. The van der Waals surface area contributed by atoms with E-state index in [4.69, 9.17) is 0 Å². The number of nitrogens with one attached hydrogen (secondary N) is 1. The normalized spacial score (nSPS) is 10.0. The molecule has 0 unspecified atom stereocenters. The van der Waals surface area contributed by atoms with Crippen LogP contribution in [0.1, 0.15) is 18.9 Å². The second-order valence-electron chi connectivity index (χ2n) is 3.08. The Morgan fingerprint density at radius 1 is 1.23 bits per heavy atom. The fourth-order valence-corrected chi connectivity index (χ4v) is 1.09. The van der Waals surface area contributed by atoms with Gasteiger partial charge in [0.05, 0.1) is 5.69 Å². The Bertz CT molecular complexity index is 297. The first-order chi connectivity index (χ1) is 6.15. The zero-order valence-corrected chi connectivity index (χ0v) is 7.96. The minimum atomic E-state index is 0.0940. The summed E-state index contributed by atoms with van der Waals surface area (Å²) in [7, 11) is 0. The molecule has 0 atom stereocenters. The summed E-state index contributed by atoms with van der Waals surface area (Å²) in [5.41, 5.74) is 1.44. The fourth-order valence-electron chi connectivity index (χ4n) is 1.09. The predicted octanol–water partition coefficient (Wildman–Crippen LogP) is 2.23. The molecule has 0 radical (unpaired) electrons. The standard InChI is InChI=1S/C10H15NO2/c1-3-4-11-8-5-7(2)9(12)6-10(8)13/h5-6,11-13H,3-4H2,1-2H3. The molecule has 0 aliphatic rings. The van der Waals surface area contributed by atoms with Crippen molar-refractivity contribution in [3.8, 4) is 11.5 Å². The molecule has 72 valence electrons. The number of anilines is 1. The Hall–Kier alpha value is -1.38. The van der Waals surface area contributed by atoms with Crippen LogP contribution in [0.25, 0.3) is 0 Å². The molecule has 0 bridgehead atoms. The zero-order chi connectivity index (χ0) is 9.84. The van der Waals surface area contributed by atoms with Gasteiger partial charge in [-0.15, -0.1) is 0 Å². The van der Waals surface area contributed by atoms with Gasteiger partial charge in [0.1, 0.15) is 11.5 Å². The van der Waals surface area contributed by atoms with E-state index >= 15 is 0 Å². The van der Waals surface area contributed by atoms with E-state index < -0.39 is 0 Å². The van der Waals surface area contributed by atoms with Crippen LogP contribution in [0.5, 0.6) is 11.5 Å². The molecular formula is C10H15NO2. The topological polar surface area (TPSA) is 52.5 Å². The van der Waals surface area contributed by atoms with Gasteiger partial charge in [-0.05, 0) is 25.0 Å². The molecule has 3 heteroatoms. The lowest BCUT2D eigenvalue weighted by Gasteiger charge is -2.09. The number of phenols is 2. The van der Waals surface area contributed by atoms with Crippen LogP contribution >= 0.6 is 0 Å². The number of phenolic OH excluding ortho intramolecular Hbond substituents is 2. The molecule has 0 aliphatic carbocycles. The average molecular weight is 181 g/mol. The van der Waals surface area contributed by atoms with Crippen molar-refractivity contribution in [2.24, 2.45) is 0 Å². The van der Waals surface area contributed by atoms with Gasteiger partial charge in [0.25, 0.3) is 0 Å². The highest BCUT2D eigenvalue weighted by Crippen LogP contribution is 2.30. The van der Waals surface area contributed by atoms with Gasteiger partial charge >= 0.3 is 0 Å². The molecule has 0 fully saturated rings. The van der Waals surface area contributed by atoms with Crippen LogP contribution in [-0.4, -0.2) is 16.8 Å². The zero-order valence-electron chi connectivity index (χ0n) is 7.96. The molecule has 0 amide bonds. The maximum atomic E-state index is 9.42. The lowest BCUT2D eigenvalue weighted by molar-refractivity contribution is 0.449. The quantitative estimate of drug-likeness (QED) is 0.495. The third-order valence-corrected chi connectivity index (χ3v) is 1.88. The maximum Gasteiger partial charge on any atom is 0.142 e. The Morgan fingerprint density at radius 3 is 2.54 bits per heavy atom. The Morgan fingerprint density at radius 2 is 1.92 bits per heavy atom. The SMILES string of the molecule is CCCNc1cc(C)c(O)cc1O. The molecule has 1 aromatic carbocycles. The number of hydrogen-bond acceptors (Lipinski definition) is 3. The highest BCUT2D eigenvalue weighted by molar-refractivity contribution is 5.60. The van der Waals surface area contributed by atoms with Crippen molar-refractivity contribution in [1.29, 1.82) is 0 Å². The van der Waals surface area contributed by atoms with E-state index in [2.05, 4.69) is 12.2 Å². The van der Waals surface area contributed by atoms with Gasteiger partial charge in [-0.1, -0.05) is 6.92 Å². The number of aryl methyl sites for hydroxylation is 1. The first kappa shape index (κ1) is 9.71. The third kappa shape index (κ3) is 2.28. The van der Waals surface area contributed by atoms with Gasteiger partial charge in [0.15, 0.2) is 0 Å². The molecule has 1 rings (SSSR count). The molecule has 0 saturated carbocycles. The highest BCUT2D eigenvalue weighted by atomic mass is 16.3. The van der Waals surface area contributed by atoms with Crippen LogP contribution in [0.2, 0.25) is 0 Å². The number of hydrogen-bond donors (Lipinski definition) is 3. The molecule has 0 aromatic heterocycles. The van der Waals surface area contributed by atoms with Gasteiger partial charge in [0, 0.05) is 12.6 Å². The van der Waals surface area contributed by atoms with Crippen molar-refractivity contribution in [1.82, 2.24) is 0 Å². The van der Waals surface area contributed by atoms with Crippen molar-refractivity contribution in [3.05, 3.63) is 17.7 Å². The predicted molar refractivity (Wildman–Crippen MR) is 53.3 cm³/mol. The van der Waals surface area contributed by atoms with E-state index in [9.17, 15) is 10.2 Å². The van der Waals surface area contributed by atoms with E-state index in [1.807, 2.05) is 0 Å². The van der Waals surface area contributed by atoms with Crippen molar-refractivity contribution in [3.63, 3.8) is 0 Å². The molecule has 3 N–H and O–H groups in total. The monoisotopic (exact) mass is 181 g/mol. The summed E-state index contributed by atoms with van der Waals surface area (Å²) >= 11 is 0. The summed E-state index contributed by atoms with van der Waals surface area (Å²) < 4.78 is 0. The molecule has 13 heavy (non-hydrogen) atoms. The summed E-state index contributed by atoms with van der Waals surface area (Å²) in [4.78, 5) is 0. The summed E-state index contributed by atoms with van der Waals surface area (Å²) in [6, 6.07) is 3.09. The maximum absolute atomic E-state index is 9.42. The molecule has 0 spiro atoms. The summed E-state index contributed by atoms with van der Waals surface area (Å²) in [5.74, 6) is 0.219. The second-order valence-corrected chi connectivity index (χ2v) is 3.08. The van der Waals surface area contributed by atoms with Crippen LogP contribution in [-0.2, 0) is 0 Å². The first-order valence-electron chi connectivity index (χ1n) is 4.41. The van der Waals surface area contributed by atoms with E-state index in [0.717, 1.165) is 18.5 Å². The van der Waals surface area contributed by atoms with Crippen molar-refractivity contribution >= 4 is 5.69 Å². The van der Waals surface area contributed by atoms with Gasteiger partial charge in [0.2, 0.25) is 0 Å². The molecule has 3 nitrogen and oxygen atoms in total. The minimum absolute atomic E-state index is 0.0940. The third-order valence-electron chi connectivity index (χ3n) is 1.88. The van der Waals surface area contributed by atoms with E-state index in [1.165, 1.54) is 6.07 Å². The molecule has 0 aliphatic heterocycles. The Balaban J connectivity index is 2.88. The molecule has 0 heterocycles. The van der Waals surface area contributed by atoms with Crippen LogP contribution < -0.4 is 5.32 Å². The Kier molecular flexibility index (Phi) is 3.01. The van der Waals surface area contributed by atoms with Crippen LogP contribution in [0, 0.1) is 6.92 Å². The van der Waals surface area contributed by atoms with E-state index in [0.29, 0.717) is 5.69 Å².